The van der Waals surface area contributed by atoms with Gasteiger partial charge in [0.15, 0.2) is 0 Å². The minimum atomic E-state index is -0.365. The molecule has 2 N–H and O–H groups in total. The van der Waals surface area contributed by atoms with Crippen LogP contribution in [0.15, 0.2) is 72.8 Å². The lowest BCUT2D eigenvalue weighted by Crippen LogP contribution is -2.15. The van der Waals surface area contributed by atoms with E-state index < -0.39 is 0 Å². The van der Waals surface area contributed by atoms with E-state index in [-0.39, 0.29) is 18.1 Å². The molecule has 0 radical (unpaired) electrons. The Bertz CT molecular complexity index is 875. The number of carbonyl (C=O) groups excluding carboxylic acids is 1. The number of hydrogen-bond acceptors (Lipinski definition) is 2. The number of carbonyl (C=O) groups is 1. The van der Waals surface area contributed by atoms with Crippen molar-refractivity contribution in [1.29, 1.82) is 0 Å². The zero-order valence-corrected chi connectivity index (χ0v) is 13.9. The Kier molecular flexibility index (Phi) is 5.09. The third-order valence-corrected chi connectivity index (χ3v) is 3.90. The molecule has 0 aliphatic rings. The van der Waals surface area contributed by atoms with Gasteiger partial charge < -0.3 is 10.6 Å². The summed E-state index contributed by atoms with van der Waals surface area (Å²) in [6.07, 6.45) is 0.00981. The average Bonchev–Trinajstić information content (AvgIpc) is 2.61. The molecule has 3 aromatic rings. The smallest absolute Gasteiger partial charge is 0.228 e. The van der Waals surface area contributed by atoms with Crippen LogP contribution in [0.25, 0.3) is 0 Å². The molecule has 0 aliphatic heterocycles. The van der Waals surface area contributed by atoms with Crippen LogP contribution in [-0.4, -0.2) is 5.91 Å². The number of benzene rings is 3. The van der Waals surface area contributed by atoms with Crippen molar-refractivity contribution in [2.75, 3.05) is 10.6 Å². The Morgan fingerprint density at radius 3 is 2.24 bits per heavy atom. The maximum absolute atomic E-state index is 13.6. The van der Waals surface area contributed by atoms with E-state index in [4.69, 9.17) is 0 Å². The molecule has 0 aliphatic carbocycles. The normalized spacial score (nSPS) is 10.3. The first-order chi connectivity index (χ1) is 12.1. The van der Waals surface area contributed by atoms with Gasteiger partial charge >= 0.3 is 0 Å². The number of hydrogen-bond donors (Lipinski definition) is 2. The van der Waals surface area contributed by atoms with Crippen molar-refractivity contribution in [2.45, 2.75) is 13.3 Å². The van der Waals surface area contributed by atoms with Crippen molar-refractivity contribution in [2.24, 2.45) is 0 Å². The molecule has 0 spiro atoms. The molecule has 3 rings (SSSR count). The number of halogens is 1. The average molecular weight is 334 g/mol. The molecule has 0 saturated carbocycles. The van der Waals surface area contributed by atoms with E-state index in [2.05, 4.69) is 10.6 Å². The van der Waals surface area contributed by atoms with Gasteiger partial charge in [-0.1, -0.05) is 36.4 Å². The molecule has 0 saturated heterocycles. The molecule has 0 bridgehead atoms. The molecule has 0 aromatic heterocycles. The first kappa shape index (κ1) is 16.7. The van der Waals surface area contributed by atoms with E-state index in [1.54, 1.807) is 18.2 Å². The van der Waals surface area contributed by atoms with Crippen molar-refractivity contribution in [3.8, 4) is 0 Å². The number of nitrogens with one attached hydrogen (secondary N) is 2. The standard InChI is InChI=1S/C21H19FN2O/c1-15-6-2-5-9-20(15)23-17-10-12-18(13-11-17)24-21(25)14-16-7-3-4-8-19(16)22/h2-13,23H,14H2,1H3,(H,24,25). The first-order valence-electron chi connectivity index (χ1n) is 8.08. The third kappa shape index (κ3) is 4.44. The lowest BCUT2D eigenvalue weighted by atomic mass is 10.1. The third-order valence-electron chi connectivity index (χ3n) is 3.90. The van der Waals surface area contributed by atoms with Crippen LogP contribution < -0.4 is 10.6 Å². The molecule has 0 heterocycles. The van der Waals surface area contributed by atoms with Crippen LogP contribution in [0.4, 0.5) is 21.5 Å². The molecule has 3 aromatic carbocycles. The quantitative estimate of drug-likeness (QED) is 0.685. The van der Waals surface area contributed by atoms with Crippen molar-refractivity contribution in [3.05, 3.63) is 89.7 Å². The monoisotopic (exact) mass is 334 g/mol. The lowest BCUT2D eigenvalue weighted by molar-refractivity contribution is -0.115. The predicted octanol–water partition coefficient (Wildman–Crippen LogP) is 5.06. The number of aryl methyl sites for hydroxylation is 1. The number of amides is 1. The summed E-state index contributed by atoms with van der Waals surface area (Å²) in [6, 6.07) is 21.8. The molecule has 0 atom stereocenters. The van der Waals surface area contributed by atoms with Gasteiger partial charge in [-0.05, 0) is 54.4 Å². The van der Waals surface area contributed by atoms with E-state index in [0.717, 1.165) is 16.9 Å². The summed E-state index contributed by atoms with van der Waals surface area (Å²) < 4.78 is 13.6. The van der Waals surface area contributed by atoms with Gasteiger partial charge in [0, 0.05) is 17.1 Å². The van der Waals surface area contributed by atoms with Gasteiger partial charge in [-0.2, -0.15) is 0 Å². The molecule has 1 amide bonds. The molecule has 4 heteroatoms. The summed E-state index contributed by atoms with van der Waals surface area (Å²) in [5.74, 6) is -0.611. The summed E-state index contributed by atoms with van der Waals surface area (Å²) in [7, 11) is 0. The van der Waals surface area contributed by atoms with Crippen molar-refractivity contribution >= 4 is 23.0 Å². The minimum Gasteiger partial charge on any atom is -0.355 e. The van der Waals surface area contributed by atoms with Crippen LogP contribution in [-0.2, 0) is 11.2 Å². The van der Waals surface area contributed by atoms with Crippen LogP contribution in [0.3, 0.4) is 0 Å². The van der Waals surface area contributed by atoms with E-state index >= 15 is 0 Å². The first-order valence-corrected chi connectivity index (χ1v) is 8.08. The maximum atomic E-state index is 13.6. The summed E-state index contributed by atoms with van der Waals surface area (Å²) in [4.78, 5) is 12.1. The highest BCUT2D eigenvalue weighted by Gasteiger charge is 2.08. The van der Waals surface area contributed by atoms with Crippen LogP contribution in [0.2, 0.25) is 0 Å². The topological polar surface area (TPSA) is 41.1 Å². The van der Waals surface area contributed by atoms with Crippen LogP contribution in [0.1, 0.15) is 11.1 Å². The Labute approximate surface area is 146 Å². The van der Waals surface area contributed by atoms with Gasteiger partial charge in [0.1, 0.15) is 5.82 Å². The number of para-hydroxylation sites is 1. The zero-order valence-electron chi connectivity index (χ0n) is 13.9. The van der Waals surface area contributed by atoms with Gasteiger partial charge in [-0.15, -0.1) is 0 Å². The highest BCUT2D eigenvalue weighted by molar-refractivity contribution is 5.92. The fraction of sp³-hybridized carbons (Fsp3) is 0.0952. The van der Waals surface area contributed by atoms with Crippen LogP contribution in [0.5, 0.6) is 0 Å². The SMILES string of the molecule is Cc1ccccc1Nc1ccc(NC(=O)Cc2ccccc2F)cc1. The molecule has 25 heavy (non-hydrogen) atoms. The van der Waals surface area contributed by atoms with Crippen molar-refractivity contribution in [3.63, 3.8) is 0 Å². The summed E-state index contributed by atoms with van der Waals surface area (Å²) >= 11 is 0. The van der Waals surface area contributed by atoms with Gasteiger partial charge in [0.05, 0.1) is 6.42 Å². The van der Waals surface area contributed by atoms with Crippen molar-refractivity contribution < 1.29 is 9.18 Å². The van der Waals surface area contributed by atoms with Gasteiger partial charge in [-0.25, -0.2) is 4.39 Å². The second-order valence-electron chi connectivity index (χ2n) is 5.83. The van der Waals surface area contributed by atoms with Crippen LogP contribution in [0, 0.1) is 12.7 Å². The highest BCUT2D eigenvalue weighted by atomic mass is 19.1. The lowest BCUT2D eigenvalue weighted by Gasteiger charge is -2.11. The molecular weight excluding hydrogens is 315 g/mol. The summed E-state index contributed by atoms with van der Waals surface area (Å²) in [6.45, 7) is 2.04. The Morgan fingerprint density at radius 1 is 0.880 bits per heavy atom. The van der Waals surface area contributed by atoms with E-state index in [9.17, 15) is 9.18 Å². The second kappa shape index (κ2) is 7.62. The summed E-state index contributed by atoms with van der Waals surface area (Å²) in [5, 5.41) is 6.12. The molecule has 3 nitrogen and oxygen atoms in total. The molecule has 0 unspecified atom stereocenters. The fourth-order valence-corrected chi connectivity index (χ4v) is 2.53. The van der Waals surface area contributed by atoms with Crippen molar-refractivity contribution in [1.82, 2.24) is 0 Å². The highest BCUT2D eigenvalue weighted by Crippen LogP contribution is 2.21. The number of rotatable bonds is 5. The van der Waals surface area contributed by atoms with Crippen LogP contribution >= 0.6 is 0 Å². The second-order valence-corrected chi connectivity index (χ2v) is 5.83. The summed E-state index contributed by atoms with van der Waals surface area (Å²) in [5.41, 5.74) is 4.19. The largest absolute Gasteiger partial charge is 0.355 e. The fourth-order valence-electron chi connectivity index (χ4n) is 2.53. The Hall–Kier alpha value is -3.14. The molecular formula is C21H19FN2O. The van der Waals surface area contributed by atoms with E-state index in [1.165, 1.54) is 6.07 Å². The Morgan fingerprint density at radius 2 is 1.52 bits per heavy atom. The predicted molar refractivity (Wildman–Crippen MR) is 99.6 cm³/mol. The minimum absolute atomic E-state index is 0.00981. The number of anilines is 3. The van der Waals surface area contributed by atoms with Gasteiger partial charge in [-0.3, -0.25) is 4.79 Å². The van der Waals surface area contributed by atoms with Gasteiger partial charge in [0.2, 0.25) is 5.91 Å². The van der Waals surface area contributed by atoms with E-state index in [0.29, 0.717) is 11.3 Å². The molecule has 0 fully saturated rings. The zero-order chi connectivity index (χ0) is 17.6. The molecule has 126 valence electrons. The van der Waals surface area contributed by atoms with E-state index in [1.807, 2.05) is 55.5 Å². The van der Waals surface area contributed by atoms with Gasteiger partial charge in [0.25, 0.3) is 0 Å². The Balaban J connectivity index is 1.62. The maximum Gasteiger partial charge on any atom is 0.228 e.